The first-order valence-electron chi connectivity index (χ1n) is 8.66. The zero-order valence-corrected chi connectivity index (χ0v) is 15.1. The number of para-hydroxylation sites is 2. The molecule has 0 aliphatic carbocycles. The predicted octanol–water partition coefficient (Wildman–Crippen LogP) is 4.88. The number of nitrogens with zero attached hydrogens (tertiary/aromatic N) is 2. The number of aromatic nitrogens is 2. The van der Waals surface area contributed by atoms with Gasteiger partial charge in [0.2, 0.25) is 0 Å². The second-order valence-electron chi connectivity index (χ2n) is 6.67. The molecule has 5 rings (SSSR count). The smallest absolute Gasteiger partial charge is 0.278 e. The topological polar surface area (TPSA) is 49.0 Å². The zero-order valence-electron chi connectivity index (χ0n) is 14.3. The monoisotopic (exact) mass is 359 g/mol. The van der Waals surface area contributed by atoms with Crippen LogP contribution in [0.1, 0.15) is 23.0 Å². The minimum Gasteiger partial charge on any atom is -0.353 e. The van der Waals surface area contributed by atoms with Gasteiger partial charge in [-0.2, -0.15) is 0 Å². The van der Waals surface area contributed by atoms with Crippen LogP contribution in [0.25, 0.3) is 21.6 Å². The Hall–Kier alpha value is -2.92. The van der Waals surface area contributed by atoms with Crippen molar-refractivity contribution in [2.45, 2.75) is 19.4 Å². The molecule has 128 valence electrons. The SMILES string of the molecule is CC1Cc2ccccc2N1C(=O)c1csc(-c2cc3ccccc3[nH]2)n1. The lowest BCUT2D eigenvalue weighted by Gasteiger charge is -2.21. The third kappa shape index (κ3) is 2.35. The number of hydrogen-bond acceptors (Lipinski definition) is 3. The minimum absolute atomic E-state index is 0.0268. The van der Waals surface area contributed by atoms with Crippen LogP contribution in [0.5, 0.6) is 0 Å². The first-order valence-corrected chi connectivity index (χ1v) is 9.54. The molecule has 4 aromatic rings. The molecule has 2 aromatic heterocycles. The van der Waals surface area contributed by atoms with Crippen LogP contribution in [0.2, 0.25) is 0 Å². The Morgan fingerprint density at radius 1 is 1.19 bits per heavy atom. The summed E-state index contributed by atoms with van der Waals surface area (Å²) in [6.45, 7) is 2.09. The predicted molar refractivity (Wildman–Crippen MR) is 106 cm³/mol. The lowest BCUT2D eigenvalue weighted by molar-refractivity contribution is 0.0977. The third-order valence-electron chi connectivity index (χ3n) is 4.91. The van der Waals surface area contributed by atoms with Gasteiger partial charge in [-0.05, 0) is 37.1 Å². The number of H-pyrrole nitrogens is 1. The summed E-state index contributed by atoms with van der Waals surface area (Å²) in [7, 11) is 0. The molecule has 0 radical (unpaired) electrons. The molecule has 3 heterocycles. The Kier molecular flexibility index (Phi) is 3.43. The van der Waals surface area contributed by atoms with Crippen LogP contribution in [0.15, 0.2) is 60.0 Å². The molecule has 1 unspecified atom stereocenters. The molecule has 1 aliphatic heterocycles. The van der Waals surface area contributed by atoms with Crippen molar-refractivity contribution in [3.05, 3.63) is 71.2 Å². The van der Waals surface area contributed by atoms with E-state index in [0.717, 1.165) is 33.7 Å². The molecular formula is C21H17N3OS. The highest BCUT2D eigenvalue weighted by Gasteiger charge is 2.32. The van der Waals surface area contributed by atoms with Gasteiger partial charge in [-0.15, -0.1) is 11.3 Å². The summed E-state index contributed by atoms with van der Waals surface area (Å²) in [4.78, 5) is 23.0. The maximum Gasteiger partial charge on any atom is 0.278 e. The molecule has 4 nitrogen and oxygen atoms in total. The highest BCUT2D eigenvalue weighted by Crippen LogP contribution is 2.34. The maximum absolute atomic E-state index is 13.1. The fourth-order valence-electron chi connectivity index (χ4n) is 3.68. The summed E-state index contributed by atoms with van der Waals surface area (Å²) in [5.74, 6) is -0.0268. The van der Waals surface area contributed by atoms with Crippen molar-refractivity contribution in [3.63, 3.8) is 0 Å². The van der Waals surface area contributed by atoms with E-state index < -0.39 is 0 Å². The molecule has 1 aliphatic rings. The van der Waals surface area contributed by atoms with Gasteiger partial charge in [0.1, 0.15) is 10.7 Å². The van der Waals surface area contributed by atoms with Gasteiger partial charge in [0.05, 0.1) is 5.69 Å². The Labute approximate surface area is 155 Å². The Morgan fingerprint density at radius 2 is 2.00 bits per heavy atom. The van der Waals surface area contributed by atoms with E-state index in [0.29, 0.717) is 5.69 Å². The van der Waals surface area contributed by atoms with Crippen LogP contribution < -0.4 is 4.90 Å². The standard InChI is InChI=1S/C21H17N3OS/c1-13-10-15-7-3-5-9-19(15)24(13)21(25)18-12-26-20(23-18)17-11-14-6-2-4-8-16(14)22-17/h2-9,11-13,22H,10H2,1H3. The van der Waals surface area contributed by atoms with Crippen LogP contribution in [0.3, 0.4) is 0 Å². The van der Waals surface area contributed by atoms with Gasteiger partial charge in [0.25, 0.3) is 5.91 Å². The summed E-state index contributed by atoms with van der Waals surface area (Å²) in [6.07, 6.45) is 0.890. The molecule has 0 bridgehead atoms. The highest BCUT2D eigenvalue weighted by atomic mass is 32.1. The van der Waals surface area contributed by atoms with Gasteiger partial charge in [0.15, 0.2) is 0 Å². The number of nitrogens with one attached hydrogen (secondary N) is 1. The van der Waals surface area contributed by atoms with Gasteiger partial charge in [-0.1, -0.05) is 36.4 Å². The fourth-order valence-corrected chi connectivity index (χ4v) is 4.45. The molecule has 1 atom stereocenters. The number of aromatic amines is 1. The van der Waals surface area contributed by atoms with Crippen molar-refractivity contribution in [1.29, 1.82) is 0 Å². The van der Waals surface area contributed by atoms with E-state index in [9.17, 15) is 4.79 Å². The molecule has 0 fully saturated rings. The normalized spacial score (nSPS) is 16.2. The van der Waals surface area contributed by atoms with E-state index in [2.05, 4.69) is 35.1 Å². The van der Waals surface area contributed by atoms with Gasteiger partial charge in [-0.25, -0.2) is 4.98 Å². The molecule has 2 aromatic carbocycles. The third-order valence-corrected chi connectivity index (χ3v) is 5.79. The van der Waals surface area contributed by atoms with Crippen molar-refractivity contribution in [1.82, 2.24) is 9.97 Å². The van der Waals surface area contributed by atoms with E-state index in [1.54, 1.807) is 0 Å². The van der Waals surface area contributed by atoms with Crippen LogP contribution in [0.4, 0.5) is 5.69 Å². The van der Waals surface area contributed by atoms with Crippen LogP contribution >= 0.6 is 11.3 Å². The van der Waals surface area contributed by atoms with Gasteiger partial charge < -0.3 is 9.88 Å². The summed E-state index contributed by atoms with van der Waals surface area (Å²) in [5, 5.41) is 3.84. The van der Waals surface area contributed by atoms with Gasteiger partial charge in [0, 0.05) is 28.0 Å². The molecule has 0 saturated heterocycles. The lowest BCUT2D eigenvalue weighted by Crippen LogP contribution is -2.35. The number of hydrogen-bond donors (Lipinski definition) is 1. The lowest BCUT2D eigenvalue weighted by atomic mass is 10.1. The molecule has 0 spiro atoms. The average Bonchev–Trinajstić information content (AvgIpc) is 3.36. The van der Waals surface area contributed by atoms with Crippen molar-refractivity contribution in [2.75, 3.05) is 4.90 Å². The van der Waals surface area contributed by atoms with Crippen molar-refractivity contribution in [3.8, 4) is 10.7 Å². The van der Waals surface area contributed by atoms with E-state index in [1.807, 2.05) is 46.7 Å². The molecule has 0 saturated carbocycles. The summed E-state index contributed by atoms with van der Waals surface area (Å²) < 4.78 is 0. The number of carbonyl (C=O) groups excluding carboxylic acids is 1. The molecular weight excluding hydrogens is 342 g/mol. The molecule has 1 amide bonds. The number of benzene rings is 2. The quantitative estimate of drug-likeness (QED) is 0.554. The summed E-state index contributed by atoms with van der Waals surface area (Å²) in [5.41, 5.74) is 4.76. The van der Waals surface area contributed by atoms with E-state index in [4.69, 9.17) is 0 Å². The number of anilines is 1. The average molecular weight is 359 g/mol. The summed E-state index contributed by atoms with van der Waals surface area (Å²) in [6, 6.07) is 18.5. The molecule has 26 heavy (non-hydrogen) atoms. The number of carbonyl (C=O) groups is 1. The second-order valence-corrected chi connectivity index (χ2v) is 7.52. The first kappa shape index (κ1) is 15.3. The number of fused-ring (bicyclic) bond motifs is 2. The van der Waals surface area contributed by atoms with Crippen molar-refractivity contribution >= 4 is 33.8 Å². The van der Waals surface area contributed by atoms with Gasteiger partial charge >= 0.3 is 0 Å². The van der Waals surface area contributed by atoms with E-state index in [-0.39, 0.29) is 11.9 Å². The minimum atomic E-state index is -0.0268. The van der Waals surface area contributed by atoms with Crippen LogP contribution in [-0.2, 0) is 6.42 Å². The summed E-state index contributed by atoms with van der Waals surface area (Å²) >= 11 is 1.50. The van der Waals surface area contributed by atoms with Gasteiger partial charge in [-0.3, -0.25) is 4.79 Å². The van der Waals surface area contributed by atoms with Crippen molar-refractivity contribution < 1.29 is 4.79 Å². The van der Waals surface area contributed by atoms with E-state index in [1.165, 1.54) is 16.9 Å². The largest absolute Gasteiger partial charge is 0.353 e. The Morgan fingerprint density at radius 3 is 2.88 bits per heavy atom. The van der Waals surface area contributed by atoms with Crippen molar-refractivity contribution in [2.24, 2.45) is 0 Å². The Balaban J connectivity index is 1.49. The Bertz CT molecular complexity index is 1090. The van der Waals surface area contributed by atoms with Crippen LogP contribution in [-0.4, -0.2) is 21.9 Å². The van der Waals surface area contributed by atoms with E-state index >= 15 is 0 Å². The fraction of sp³-hybridized carbons (Fsp3) is 0.143. The zero-order chi connectivity index (χ0) is 17.7. The first-order chi connectivity index (χ1) is 12.7. The second kappa shape index (κ2) is 5.81. The molecule has 5 heteroatoms. The number of thiazole rings is 1. The maximum atomic E-state index is 13.1. The number of amides is 1. The van der Waals surface area contributed by atoms with Crippen LogP contribution in [0, 0.1) is 0 Å². The molecule has 1 N–H and O–H groups in total. The highest BCUT2D eigenvalue weighted by molar-refractivity contribution is 7.13. The number of rotatable bonds is 2.